The lowest BCUT2D eigenvalue weighted by Crippen LogP contribution is -1.99. The molecule has 0 radical (unpaired) electrons. The van der Waals surface area contributed by atoms with Gasteiger partial charge in [0, 0.05) is 5.57 Å². The van der Waals surface area contributed by atoms with Gasteiger partial charge in [0.15, 0.2) is 5.88 Å². The Balaban J connectivity index is 2.91. The minimum Gasteiger partial charge on any atom is -0.495 e. The van der Waals surface area contributed by atoms with Crippen molar-refractivity contribution in [1.29, 1.82) is 0 Å². The van der Waals surface area contributed by atoms with E-state index < -0.39 is 0 Å². The van der Waals surface area contributed by atoms with Crippen molar-refractivity contribution in [2.45, 2.75) is 19.8 Å². The van der Waals surface area contributed by atoms with Crippen molar-refractivity contribution in [2.75, 3.05) is 0 Å². The summed E-state index contributed by atoms with van der Waals surface area (Å²) in [6, 6.07) is 9.63. The van der Waals surface area contributed by atoms with Crippen molar-refractivity contribution >= 4 is 5.57 Å². The zero-order valence-electron chi connectivity index (χ0n) is 8.98. The van der Waals surface area contributed by atoms with E-state index in [0.29, 0.717) is 5.57 Å². The van der Waals surface area contributed by atoms with E-state index in [1.54, 1.807) is 0 Å². The molecular weight excluding hydrogens is 186 g/mol. The van der Waals surface area contributed by atoms with E-state index >= 15 is 0 Å². The van der Waals surface area contributed by atoms with Gasteiger partial charge >= 0.3 is 0 Å². The van der Waals surface area contributed by atoms with Gasteiger partial charge in [-0.3, -0.25) is 0 Å². The second-order valence-electron chi connectivity index (χ2n) is 3.36. The minimum absolute atomic E-state index is 0.131. The standard InChI is InChI=1S/C13H17NO/c1-2-3-5-10-12(13(14)15)11-8-6-4-7-9-11/h4-10,15H,2-3,14H2,1H3/b10-5+,13-12+. The summed E-state index contributed by atoms with van der Waals surface area (Å²) in [5, 5.41) is 9.37. The highest BCUT2D eigenvalue weighted by Gasteiger charge is 2.01. The van der Waals surface area contributed by atoms with E-state index in [-0.39, 0.29) is 5.88 Å². The fourth-order valence-corrected chi connectivity index (χ4v) is 1.32. The van der Waals surface area contributed by atoms with Crippen LogP contribution in [0.4, 0.5) is 0 Å². The molecule has 1 rings (SSSR count). The molecule has 0 atom stereocenters. The van der Waals surface area contributed by atoms with Gasteiger partial charge in [0.2, 0.25) is 0 Å². The van der Waals surface area contributed by atoms with E-state index in [2.05, 4.69) is 6.92 Å². The first-order chi connectivity index (χ1) is 7.25. The molecule has 80 valence electrons. The molecule has 3 N–H and O–H groups in total. The van der Waals surface area contributed by atoms with E-state index in [0.717, 1.165) is 18.4 Å². The summed E-state index contributed by atoms with van der Waals surface area (Å²) in [6.07, 6.45) is 5.97. The smallest absolute Gasteiger partial charge is 0.189 e. The molecule has 1 aromatic rings. The third-order valence-electron chi connectivity index (χ3n) is 2.10. The average Bonchev–Trinajstić information content (AvgIpc) is 2.25. The zero-order valence-corrected chi connectivity index (χ0v) is 8.98. The van der Waals surface area contributed by atoms with Crippen LogP contribution in [-0.4, -0.2) is 5.11 Å². The van der Waals surface area contributed by atoms with Crippen molar-refractivity contribution in [3.05, 3.63) is 53.9 Å². The largest absolute Gasteiger partial charge is 0.495 e. The topological polar surface area (TPSA) is 46.2 Å². The van der Waals surface area contributed by atoms with Crippen molar-refractivity contribution in [3.63, 3.8) is 0 Å². The normalized spacial score (nSPS) is 12.9. The van der Waals surface area contributed by atoms with Gasteiger partial charge < -0.3 is 10.8 Å². The molecule has 2 nitrogen and oxygen atoms in total. The highest BCUT2D eigenvalue weighted by atomic mass is 16.3. The molecule has 0 fully saturated rings. The molecule has 0 aliphatic heterocycles. The molecular formula is C13H17NO. The van der Waals surface area contributed by atoms with Crippen molar-refractivity contribution in [3.8, 4) is 0 Å². The Labute approximate surface area is 90.7 Å². The molecule has 0 unspecified atom stereocenters. The number of hydrogen-bond acceptors (Lipinski definition) is 2. The molecule has 0 heterocycles. The first kappa shape index (κ1) is 11.4. The number of benzene rings is 1. The summed E-state index contributed by atoms with van der Waals surface area (Å²) in [5.41, 5.74) is 7.05. The Morgan fingerprint density at radius 1 is 1.33 bits per heavy atom. The first-order valence-corrected chi connectivity index (χ1v) is 5.16. The third-order valence-corrected chi connectivity index (χ3v) is 2.10. The maximum Gasteiger partial charge on any atom is 0.189 e. The van der Waals surface area contributed by atoms with Crippen LogP contribution in [0.25, 0.3) is 5.57 Å². The van der Waals surface area contributed by atoms with Crippen molar-refractivity contribution in [2.24, 2.45) is 5.73 Å². The van der Waals surface area contributed by atoms with E-state index in [1.165, 1.54) is 0 Å². The predicted octanol–water partition coefficient (Wildman–Crippen LogP) is 3.23. The molecule has 15 heavy (non-hydrogen) atoms. The lowest BCUT2D eigenvalue weighted by molar-refractivity contribution is 0.409. The molecule has 1 aromatic carbocycles. The highest BCUT2D eigenvalue weighted by molar-refractivity contribution is 5.74. The maximum absolute atomic E-state index is 9.37. The highest BCUT2D eigenvalue weighted by Crippen LogP contribution is 2.17. The zero-order chi connectivity index (χ0) is 11.1. The minimum atomic E-state index is -0.131. The van der Waals surface area contributed by atoms with Gasteiger partial charge in [0.05, 0.1) is 0 Å². The summed E-state index contributed by atoms with van der Waals surface area (Å²) >= 11 is 0. The maximum atomic E-state index is 9.37. The van der Waals surface area contributed by atoms with Crippen LogP contribution in [0.5, 0.6) is 0 Å². The van der Waals surface area contributed by atoms with Gasteiger partial charge in [-0.15, -0.1) is 0 Å². The van der Waals surface area contributed by atoms with Crippen LogP contribution >= 0.6 is 0 Å². The number of aliphatic hydroxyl groups excluding tert-OH is 1. The van der Waals surface area contributed by atoms with Gasteiger partial charge in [-0.25, -0.2) is 0 Å². The monoisotopic (exact) mass is 203 g/mol. The number of rotatable bonds is 4. The lowest BCUT2D eigenvalue weighted by Gasteiger charge is -2.03. The Kier molecular flexibility index (Phi) is 4.48. The second-order valence-corrected chi connectivity index (χ2v) is 3.36. The van der Waals surface area contributed by atoms with Gasteiger partial charge in [0.25, 0.3) is 0 Å². The van der Waals surface area contributed by atoms with Crippen molar-refractivity contribution in [1.82, 2.24) is 0 Å². The molecule has 0 saturated carbocycles. The predicted molar refractivity (Wildman–Crippen MR) is 64.2 cm³/mol. The van der Waals surface area contributed by atoms with Crippen molar-refractivity contribution < 1.29 is 5.11 Å². The van der Waals surface area contributed by atoms with Crippen LogP contribution in [0.1, 0.15) is 25.3 Å². The molecule has 2 heteroatoms. The van der Waals surface area contributed by atoms with E-state index in [9.17, 15) is 5.11 Å². The number of aliphatic hydroxyl groups is 1. The summed E-state index contributed by atoms with van der Waals surface area (Å²) < 4.78 is 0. The molecule has 0 bridgehead atoms. The number of nitrogens with two attached hydrogens (primary N) is 1. The Bertz CT molecular complexity index is 348. The van der Waals surface area contributed by atoms with Gasteiger partial charge in [-0.05, 0) is 12.0 Å². The molecule has 0 saturated heterocycles. The summed E-state index contributed by atoms with van der Waals surface area (Å²) in [7, 11) is 0. The molecule has 0 aromatic heterocycles. The fourth-order valence-electron chi connectivity index (χ4n) is 1.32. The fraction of sp³-hybridized carbons (Fsp3) is 0.231. The Morgan fingerprint density at radius 3 is 2.53 bits per heavy atom. The average molecular weight is 203 g/mol. The van der Waals surface area contributed by atoms with Crippen LogP contribution < -0.4 is 5.73 Å². The SMILES string of the molecule is CCC/C=C/C(=C(/N)O)c1ccccc1. The van der Waals surface area contributed by atoms with Gasteiger partial charge in [0.1, 0.15) is 0 Å². The summed E-state index contributed by atoms with van der Waals surface area (Å²) in [5.74, 6) is -0.131. The number of hydrogen-bond donors (Lipinski definition) is 2. The summed E-state index contributed by atoms with van der Waals surface area (Å²) in [6.45, 7) is 2.11. The van der Waals surface area contributed by atoms with Gasteiger partial charge in [-0.2, -0.15) is 0 Å². The quantitative estimate of drug-likeness (QED) is 0.583. The molecule has 0 amide bonds. The second kappa shape index (κ2) is 5.91. The Hall–Kier alpha value is -1.70. The number of allylic oxidation sites excluding steroid dienone is 3. The molecule has 0 aliphatic rings. The lowest BCUT2D eigenvalue weighted by atomic mass is 10.1. The Morgan fingerprint density at radius 2 is 2.00 bits per heavy atom. The molecule has 0 spiro atoms. The van der Waals surface area contributed by atoms with E-state index in [1.807, 2.05) is 42.5 Å². The third kappa shape index (κ3) is 3.50. The van der Waals surface area contributed by atoms with Crippen LogP contribution in [0, 0.1) is 0 Å². The first-order valence-electron chi connectivity index (χ1n) is 5.16. The van der Waals surface area contributed by atoms with Crippen LogP contribution in [0.3, 0.4) is 0 Å². The number of unbranched alkanes of at least 4 members (excludes halogenated alkanes) is 1. The van der Waals surface area contributed by atoms with Crippen LogP contribution in [-0.2, 0) is 0 Å². The van der Waals surface area contributed by atoms with Crippen LogP contribution in [0.2, 0.25) is 0 Å². The van der Waals surface area contributed by atoms with Crippen LogP contribution in [0.15, 0.2) is 48.4 Å². The summed E-state index contributed by atoms with van der Waals surface area (Å²) in [4.78, 5) is 0. The van der Waals surface area contributed by atoms with E-state index in [4.69, 9.17) is 5.73 Å². The molecule has 0 aliphatic carbocycles. The van der Waals surface area contributed by atoms with Gasteiger partial charge in [-0.1, -0.05) is 55.8 Å².